The first kappa shape index (κ1) is 16.1. The largest absolute Gasteiger partial charge is 0.334 e. The van der Waals surface area contributed by atoms with Crippen LogP contribution in [0.4, 0.5) is 4.39 Å². The average molecular weight is 339 g/mol. The van der Waals surface area contributed by atoms with Crippen LogP contribution in [-0.2, 0) is 15.4 Å². The zero-order valence-corrected chi connectivity index (χ0v) is 13.8. The zero-order chi connectivity index (χ0) is 16.7. The van der Waals surface area contributed by atoms with Crippen molar-refractivity contribution in [2.45, 2.75) is 25.2 Å². The Labute approximate surface area is 134 Å². The molecule has 2 heterocycles. The highest BCUT2D eigenvalue weighted by Crippen LogP contribution is 2.33. The fourth-order valence-electron chi connectivity index (χ4n) is 2.84. The number of nitrogens with zero attached hydrogens (tertiary/aromatic N) is 3. The third-order valence-corrected chi connectivity index (χ3v) is 5.44. The van der Waals surface area contributed by atoms with Crippen LogP contribution in [-0.4, -0.2) is 42.2 Å². The van der Waals surface area contributed by atoms with Gasteiger partial charge in [0.15, 0.2) is 5.82 Å². The van der Waals surface area contributed by atoms with Crippen LogP contribution in [0.1, 0.15) is 25.6 Å². The molecule has 8 heteroatoms. The average Bonchev–Trinajstić information content (AvgIpc) is 2.98. The van der Waals surface area contributed by atoms with Crippen molar-refractivity contribution in [3.05, 3.63) is 35.9 Å². The number of hydrogen-bond acceptors (Lipinski definition) is 5. The monoisotopic (exact) mass is 339 g/mol. The molecule has 0 aliphatic carbocycles. The van der Waals surface area contributed by atoms with Crippen molar-refractivity contribution < 1.29 is 17.3 Å². The molecule has 1 atom stereocenters. The van der Waals surface area contributed by atoms with E-state index >= 15 is 0 Å². The summed E-state index contributed by atoms with van der Waals surface area (Å²) in [5.74, 6) is 0.444. The van der Waals surface area contributed by atoms with Crippen LogP contribution in [0.5, 0.6) is 0 Å². The first-order valence-corrected chi connectivity index (χ1v) is 9.18. The van der Waals surface area contributed by atoms with Gasteiger partial charge in [0.25, 0.3) is 5.89 Å². The molecule has 1 fully saturated rings. The van der Waals surface area contributed by atoms with E-state index in [2.05, 4.69) is 10.1 Å². The normalized spacial score (nSPS) is 23.1. The summed E-state index contributed by atoms with van der Waals surface area (Å²) in [6.45, 7) is 2.77. The summed E-state index contributed by atoms with van der Waals surface area (Å²) in [6.07, 6.45) is 2.73. The smallest absolute Gasteiger partial charge is 0.257 e. The maximum atomic E-state index is 13.0. The minimum Gasteiger partial charge on any atom is -0.334 e. The first-order chi connectivity index (χ1) is 10.8. The molecule has 0 amide bonds. The third kappa shape index (κ3) is 3.28. The maximum absolute atomic E-state index is 13.0. The molecule has 3 rings (SSSR count). The van der Waals surface area contributed by atoms with Gasteiger partial charge in [-0.2, -0.15) is 4.98 Å². The van der Waals surface area contributed by atoms with Gasteiger partial charge in [0.2, 0.25) is 10.0 Å². The van der Waals surface area contributed by atoms with Crippen LogP contribution in [0.25, 0.3) is 11.5 Å². The third-order valence-electron chi connectivity index (χ3n) is 4.19. The molecule has 6 nitrogen and oxygen atoms in total. The lowest BCUT2D eigenvalue weighted by molar-refractivity contribution is 0.227. The Morgan fingerprint density at radius 1 is 1.30 bits per heavy atom. The van der Waals surface area contributed by atoms with E-state index in [-0.39, 0.29) is 5.82 Å². The highest BCUT2D eigenvalue weighted by molar-refractivity contribution is 7.88. The molecule has 0 bridgehead atoms. The fourth-order valence-corrected chi connectivity index (χ4v) is 3.82. The summed E-state index contributed by atoms with van der Waals surface area (Å²) in [5, 5.41) is 4.03. The lowest BCUT2D eigenvalue weighted by Crippen LogP contribution is -2.47. The lowest BCUT2D eigenvalue weighted by atomic mass is 9.82. The first-order valence-electron chi connectivity index (χ1n) is 7.33. The van der Waals surface area contributed by atoms with E-state index in [1.165, 1.54) is 22.7 Å². The van der Waals surface area contributed by atoms with Gasteiger partial charge in [0.05, 0.1) is 6.26 Å². The second-order valence-corrected chi connectivity index (χ2v) is 8.17. The molecule has 0 saturated carbocycles. The van der Waals surface area contributed by atoms with Crippen molar-refractivity contribution in [1.29, 1.82) is 0 Å². The molecular formula is C15H18FN3O3S. The van der Waals surface area contributed by atoms with Crippen molar-refractivity contribution in [3.8, 4) is 11.5 Å². The summed E-state index contributed by atoms with van der Waals surface area (Å²) < 4.78 is 43.3. The highest BCUT2D eigenvalue weighted by atomic mass is 32.2. The second kappa shape index (κ2) is 5.68. The van der Waals surface area contributed by atoms with Gasteiger partial charge < -0.3 is 4.52 Å². The Balaban J connectivity index is 1.88. The Bertz CT molecular complexity index is 804. The number of aromatic nitrogens is 2. The molecule has 2 aromatic rings. The van der Waals surface area contributed by atoms with E-state index in [4.69, 9.17) is 4.52 Å². The standard InChI is InChI=1S/C15H18FN3O3S/c1-15(8-3-9-19(10-15)23(2,20)21)14-17-13(22-18-14)11-4-6-12(16)7-5-11/h4-7H,3,8-10H2,1-2H3. The fraction of sp³-hybridized carbons (Fsp3) is 0.467. The summed E-state index contributed by atoms with van der Waals surface area (Å²) >= 11 is 0. The second-order valence-electron chi connectivity index (χ2n) is 6.19. The molecule has 124 valence electrons. The number of benzene rings is 1. The van der Waals surface area contributed by atoms with E-state index < -0.39 is 15.4 Å². The molecule has 23 heavy (non-hydrogen) atoms. The predicted molar refractivity (Wildman–Crippen MR) is 82.7 cm³/mol. The summed E-state index contributed by atoms with van der Waals surface area (Å²) in [5.41, 5.74) is 0.132. The minimum absolute atomic E-state index is 0.303. The van der Waals surface area contributed by atoms with Crippen LogP contribution < -0.4 is 0 Å². The number of sulfonamides is 1. The van der Waals surface area contributed by atoms with Crippen LogP contribution in [0.2, 0.25) is 0 Å². The zero-order valence-electron chi connectivity index (χ0n) is 13.0. The van der Waals surface area contributed by atoms with E-state index in [1.807, 2.05) is 6.92 Å². The Hall–Kier alpha value is -1.80. The summed E-state index contributed by atoms with van der Waals surface area (Å²) in [6, 6.07) is 5.79. The van der Waals surface area contributed by atoms with E-state index in [9.17, 15) is 12.8 Å². The lowest BCUT2D eigenvalue weighted by Gasteiger charge is -2.36. The van der Waals surface area contributed by atoms with Gasteiger partial charge in [0, 0.05) is 24.1 Å². The number of halogens is 1. The van der Waals surface area contributed by atoms with Gasteiger partial charge in [-0.1, -0.05) is 12.1 Å². The maximum Gasteiger partial charge on any atom is 0.257 e. The van der Waals surface area contributed by atoms with E-state index in [0.29, 0.717) is 30.4 Å². The SMILES string of the molecule is CC1(c2noc(-c3ccc(F)cc3)n2)CCCN(S(C)(=O)=O)C1. The molecule has 0 radical (unpaired) electrons. The van der Waals surface area contributed by atoms with Crippen molar-refractivity contribution in [2.24, 2.45) is 0 Å². The highest BCUT2D eigenvalue weighted by Gasteiger charge is 2.39. The molecule has 1 aromatic heterocycles. The van der Waals surface area contributed by atoms with Crippen molar-refractivity contribution in [1.82, 2.24) is 14.4 Å². The molecule has 1 aromatic carbocycles. The van der Waals surface area contributed by atoms with Gasteiger partial charge in [-0.15, -0.1) is 0 Å². The summed E-state index contributed by atoms with van der Waals surface area (Å²) in [4.78, 5) is 4.40. The Kier molecular flexibility index (Phi) is 3.97. The molecule has 1 unspecified atom stereocenters. The van der Waals surface area contributed by atoms with Crippen molar-refractivity contribution in [2.75, 3.05) is 19.3 Å². The summed E-state index contributed by atoms with van der Waals surface area (Å²) in [7, 11) is -3.25. The van der Waals surface area contributed by atoms with E-state index in [1.54, 1.807) is 12.1 Å². The van der Waals surface area contributed by atoms with Gasteiger partial charge in [-0.3, -0.25) is 0 Å². The predicted octanol–water partition coefficient (Wildman–Crippen LogP) is 2.19. The van der Waals surface area contributed by atoms with Crippen molar-refractivity contribution >= 4 is 10.0 Å². The molecule has 1 aliphatic heterocycles. The van der Waals surface area contributed by atoms with Gasteiger partial charge in [0.1, 0.15) is 5.82 Å². The Morgan fingerprint density at radius 3 is 2.65 bits per heavy atom. The van der Waals surface area contributed by atoms with Crippen LogP contribution in [0.3, 0.4) is 0 Å². The number of piperidine rings is 1. The number of hydrogen-bond donors (Lipinski definition) is 0. The molecular weight excluding hydrogens is 321 g/mol. The van der Waals surface area contributed by atoms with Gasteiger partial charge in [-0.05, 0) is 37.1 Å². The number of rotatable bonds is 3. The van der Waals surface area contributed by atoms with Crippen LogP contribution in [0, 0.1) is 5.82 Å². The quantitative estimate of drug-likeness (QED) is 0.857. The minimum atomic E-state index is -3.25. The van der Waals surface area contributed by atoms with Gasteiger partial charge in [-0.25, -0.2) is 17.1 Å². The van der Waals surface area contributed by atoms with Gasteiger partial charge >= 0.3 is 0 Å². The molecule has 1 aliphatic rings. The molecule has 1 saturated heterocycles. The van der Waals surface area contributed by atoms with Crippen LogP contribution in [0.15, 0.2) is 28.8 Å². The van der Waals surface area contributed by atoms with E-state index in [0.717, 1.165) is 12.8 Å². The Morgan fingerprint density at radius 2 is 2.00 bits per heavy atom. The molecule has 0 N–H and O–H groups in total. The topological polar surface area (TPSA) is 76.3 Å². The van der Waals surface area contributed by atoms with Crippen molar-refractivity contribution in [3.63, 3.8) is 0 Å². The van der Waals surface area contributed by atoms with Crippen LogP contribution >= 0.6 is 0 Å². The molecule has 0 spiro atoms.